The predicted molar refractivity (Wildman–Crippen MR) is 147 cm³/mol. The molecule has 4 N–H and O–H groups in total. The molecule has 42 heavy (non-hydrogen) atoms. The van der Waals surface area contributed by atoms with Gasteiger partial charge < -0.3 is 20.9 Å². The number of benzene rings is 1. The molecule has 11 nitrogen and oxygen atoms in total. The molecule has 0 bridgehead atoms. The Balaban J connectivity index is 1.51. The minimum Gasteiger partial charge on any atom is -0.505 e. The van der Waals surface area contributed by atoms with E-state index in [0.29, 0.717) is 25.2 Å². The number of methoxy groups -OCH3 is 1. The molecule has 0 spiro atoms. The molecule has 6 rings (SSSR count). The molecule has 8 unspecified atom stereocenters. The van der Waals surface area contributed by atoms with Crippen LogP contribution in [0.4, 0.5) is 10.1 Å². The Morgan fingerprint density at radius 3 is 2.50 bits per heavy atom. The second-order valence-electron chi connectivity index (χ2n) is 12.4. The molecule has 8 atom stereocenters. The van der Waals surface area contributed by atoms with Crippen LogP contribution in [0.15, 0.2) is 0 Å². The number of primary amides is 1. The highest BCUT2D eigenvalue weighted by Crippen LogP contribution is 2.55. The first-order chi connectivity index (χ1) is 20.0. The normalized spacial score (nSPS) is 35.7. The summed E-state index contributed by atoms with van der Waals surface area (Å²) < 4.78 is 22.2. The van der Waals surface area contributed by atoms with E-state index in [0.717, 1.165) is 20.1 Å². The smallest absolute Gasteiger partial charge is 0.235 e. The van der Waals surface area contributed by atoms with Gasteiger partial charge >= 0.3 is 0 Å². The van der Waals surface area contributed by atoms with Gasteiger partial charge in [0.2, 0.25) is 5.91 Å². The second-order valence-corrected chi connectivity index (χ2v) is 12.4. The number of phenolic OH excluding ortho intramolecular Hbond substituents is 1. The van der Waals surface area contributed by atoms with Crippen molar-refractivity contribution in [3.05, 3.63) is 22.5 Å². The van der Waals surface area contributed by atoms with Crippen molar-refractivity contribution in [2.24, 2.45) is 35.3 Å². The summed E-state index contributed by atoms with van der Waals surface area (Å²) in [5.41, 5.74) is 3.54. The number of ketones is 4. The van der Waals surface area contributed by atoms with Gasteiger partial charge in [-0.05, 0) is 57.8 Å². The van der Waals surface area contributed by atoms with Crippen LogP contribution in [-0.2, 0) is 30.3 Å². The molecule has 1 amide bonds. The van der Waals surface area contributed by atoms with Crippen molar-refractivity contribution >= 4 is 34.7 Å². The van der Waals surface area contributed by atoms with Crippen molar-refractivity contribution in [2.45, 2.75) is 50.8 Å². The first-order valence-electron chi connectivity index (χ1n) is 14.7. The number of nitrogens with two attached hydrogens (primary N) is 1. The summed E-state index contributed by atoms with van der Waals surface area (Å²) in [7, 11) is 3.06. The van der Waals surface area contributed by atoms with E-state index in [1.807, 2.05) is 25.8 Å². The number of carbonyl (C=O) groups excluding carboxylic acids is 5. The van der Waals surface area contributed by atoms with E-state index in [1.165, 1.54) is 0 Å². The average molecular weight is 585 g/mol. The summed E-state index contributed by atoms with van der Waals surface area (Å²) in [5, 5.41) is 14.5. The molecule has 3 aliphatic carbocycles. The number of anilines is 1. The molecule has 5 aliphatic rings. The number of aromatic hydroxyl groups is 1. The number of rotatable bonds is 5. The van der Waals surface area contributed by atoms with E-state index in [1.54, 1.807) is 4.90 Å². The number of halogens is 1. The molecule has 2 saturated carbocycles. The number of likely N-dealkylation sites (tertiary alicyclic amines) is 1. The van der Waals surface area contributed by atoms with Crippen LogP contribution in [0.3, 0.4) is 0 Å². The van der Waals surface area contributed by atoms with Crippen LogP contribution in [0.2, 0.25) is 0 Å². The zero-order valence-electron chi connectivity index (χ0n) is 24.2. The van der Waals surface area contributed by atoms with Crippen molar-refractivity contribution in [1.29, 1.82) is 0 Å². The van der Waals surface area contributed by atoms with E-state index in [4.69, 9.17) is 10.5 Å². The molecule has 2 heterocycles. The van der Waals surface area contributed by atoms with E-state index < -0.39 is 75.9 Å². The highest BCUT2D eigenvalue weighted by atomic mass is 19.1. The zero-order chi connectivity index (χ0) is 30.4. The van der Waals surface area contributed by atoms with Gasteiger partial charge in [-0.1, -0.05) is 13.8 Å². The highest BCUT2D eigenvalue weighted by molar-refractivity contribution is 6.32. The van der Waals surface area contributed by atoms with Gasteiger partial charge in [0.15, 0.2) is 34.7 Å². The molecular weight excluding hydrogens is 547 g/mol. The summed E-state index contributed by atoms with van der Waals surface area (Å²) in [6.45, 7) is 5.67. The lowest BCUT2D eigenvalue weighted by atomic mass is 9.52. The number of phenols is 1. The van der Waals surface area contributed by atoms with Crippen LogP contribution in [0.5, 0.6) is 5.75 Å². The monoisotopic (exact) mass is 584 g/mol. The second kappa shape index (κ2) is 9.92. The largest absolute Gasteiger partial charge is 0.505 e. The molecule has 3 fully saturated rings. The number of hydrogen-bond donors (Lipinski definition) is 3. The summed E-state index contributed by atoms with van der Waals surface area (Å²) >= 11 is 0. The Morgan fingerprint density at radius 1 is 1.19 bits per heavy atom. The fourth-order valence-electron chi connectivity index (χ4n) is 8.87. The van der Waals surface area contributed by atoms with Gasteiger partial charge in [-0.3, -0.25) is 33.8 Å². The van der Waals surface area contributed by atoms with Crippen LogP contribution < -0.4 is 11.1 Å². The van der Waals surface area contributed by atoms with Gasteiger partial charge in [0.1, 0.15) is 11.6 Å². The lowest BCUT2D eigenvalue weighted by Gasteiger charge is -2.54. The summed E-state index contributed by atoms with van der Waals surface area (Å²) in [6, 6.07) is -1.30. The molecular formula is C30H37FN4O7. The Labute approximate surface area is 242 Å². The first-order valence-corrected chi connectivity index (χ1v) is 14.7. The van der Waals surface area contributed by atoms with Crippen LogP contribution in [0.25, 0.3) is 0 Å². The van der Waals surface area contributed by atoms with Gasteiger partial charge in [-0.15, -0.1) is 0 Å². The fraction of sp³-hybridized carbons (Fsp3) is 0.633. The lowest BCUT2D eigenvalue weighted by Crippen LogP contribution is -2.75. The summed E-state index contributed by atoms with van der Waals surface area (Å²) in [4.78, 5) is 72.4. The van der Waals surface area contributed by atoms with E-state index in [-0.39, 0.29) is 41.6 Å². The number of nitrogens with one attached hydrogen (secondary N) is 1. The van der Waals surface area contributed by atoms with Gasteiger partial charge in [-0.2, -0.15) is 0 Å². The third-order valence-corrected chi connectivity index (χ3v) is 10.7. The summed E-state index contributed by atoms with van der Waals surface area (Å²) in [6.07, 6.45) is 0.861. The van der Waals surface area contributed by atoms with Gasteiger partial charge in [0, 0.05) is 36.7 Å². The Kier molecular flexibility index (Phi) is 6.82. The maximum Gasteiger partial charge on any atom is 0.235 e. The number of ether oxygens (including phenoxy) is 1. The SMILES string of the molecule is CCN(CC)C1C(=O)C(C(N)=O)C(=O)C2(OC)C(=O)C3C(=O)c4c(O)c5c(c(F)c4CC3CC12)C1C(CCN1C)CN5. The van der Waals surface area contributed by atoms with Crippen molar-refractivity contribution in [3.63, 3.8) is 0 Å². The number of amides is 1. The predicted octanol–water partition coefficient (Wildman–Crippen LogP) is 0.859. The molecule has 1 aromatic carbocycles. The van der Waals surface area contributed by atoms with Crippen LogP contribution in [0.1, 0.15) is 54.2 Å². The molecule has 1 aromatic rings. The van der Waals surface area contributed by atoms with Gasteiger partial charge in [-0.25, -0.2) is 4.39 Å². The number of nitrogens with zero attached hydrogens (tertiary/aromatic N) is 2. The minimum atomic E-state index is -2.27. The van der Waals surface area contributed by atoms with Crippen LogP contribution >= 0.6 is 0 Å². The zero-order valence-corrected chi connectivity index (χ0v) is 24.2. The maximum absolute atomic E-state index is 16.5. The van der Waals surface area contributed by atoms with Crippen LogP contribution in [-0.4, -0.2) is 95.9 Å². The van der Waals surface area contributed by atoms with E-state index >= 15 is 4.39 Å². The minimum absolute atomic E-state index is 0.0288. The molecule has 226 valence electrons. The van der Waals surface area contributed by atoms with Gasteiger partial charge in [0.05, 0.1) is 23.2 Å². The van der Waals surface area contributed by atoms with Crippen LogP contribution in [0, 0.1) is 35.4 Å². The highest BCUT2D eigenvalue weighted by Gasteiger charge is 2.70. The third kappa shape index (κ3) is 3.51. The molecule has 2 aliphatic heterocycles. The number of carbonyl (C=O) groups is 5. The number of likely N-dealkylation sites (N-methyl/N-ethyl adjacent to an activating group) is 1. The average Bonchev–Trinajstić information content (AvgIpc) is 3.33. The van der Waals surface area contributed by atoms with Crippen molar-refractivity contribution in [1.82, 2.24) is 9.80 Å². The molecule has 0 radical (unpaired) electrons. The standard InChI is InChI=1S/C30H37FN4O7/c1-5-35(6-2)23-15-10-13-9-14-17(25(37)21-18(20(14)31)22-12(11-33-21)7-8-34(22)3)24(36)16(13)27(39)30(15,42-4)28(40)19(26(23)38)29(32)41/h12-13,15-16,19,22-23,33,37H,5-11H2,1-4H3,(H2,32,41). The molecule has 1 saturated heterocycles. The first kappa shape index (κ1) is 28.9. The Morgan fingerprint density at radius 2 is 1.88 bits per heavy atom. The van der Waals surface area contributed by atoms with Crippen molar-refractivity contribution in [3.8, 4) is 5.75 Å². The number of Topliss-reactive ketones (excluding diaryl/α,β-unsaturated/α-hetero) is 4. The fourth-order valence-corrected chi connectivity index (χ4v) is 8.87. The number of fused-ring (bicyclic) bond motifs is 6. The third-order valence-electron chi connectivity index (χ3n) is 10.7. The maximum atomic E-state index is 16.5. The number of hydrogen-bond acceptors (Lipinski definition) is 10. The lowest BCUT2D eigenvalue weighted by molar-refractivity contribution is -0.187. The van der Waals surface area contributed by atoms with E-state index in [9.17, 15) is 29.1 Å². The Bertz CT molecular complexity index is 1430. The summed E-state index contributed by atoms with van der Waals surface area (Å²) in [5.74, 6) is -10.5. The Hall–Kier alpha value is -3.22. The quantitative estimate of drug-likeness (QED) is 0.335. The van der Waals surface area contributed by atoms with Crippen molar-refractivity contribution in [2.75, 3.05) is 45.7 Å². The molecule has 12 heteroatoms. The van der Waals surface area contributed by atoms with Crippen molar-refractivity contribution < 1.29 is 38.2 Å². The molecule has 0 aromatic heterocycles. The topological polar surface area (TPSA) is 159 Å². The van der Waals surface area contributed by atoms with Gasteiger partial charge in [0.25, 0.3) is 0 Å². The van der Waals surface area contributed by atoms with E-state index in [2.05, 4.69) is 5.32 Å².